The maximum absolute atomic E-state index is 12.9. The number of benzene rings is 1. The van der Waals surface area contributed by atoms with E-state index in [0.717, 1.165) is 73.7 Å². The molecule has 0 saturated carbocycles. The molecule has 0 atom stereocenters. The third kappa shape index (κ3) is 4.24. The van der Waals surface area contributed by atoms with Gasteiger partial charge in [-0.25, -0.2) is 9.97 Å². The van der Waals surface area contributed by atoms with Crippen LogP contribution in [0.15, 0.2) is 35.7 Å². The lowest BCUT2D eigenvalue weighted by atomic mass is 9.95. The third-order valence-electron chi connectivity index (χ3n) is 6.56. The first kappa shape index (κ1) is 21.3. The van der Waals surface area contributed by atoms with Crippen LogP contribution in [0.1, 0.15) is 31.5 Å². The summed E-state index contributed by atoms with van der Waals surface area (Å²) in [5, 5.41) is 3.36. The van der Waals surface area contributed by atoms with Crippen LogP contribution in [0.3, 0.4) is 0 Å². The van der Waals surface area contributed by atoms with Gasteiger partial charge in [-0.3, -0.25) is 4.79 Å². The van der Waals surface area contributed by atoms with Crippen molar-refractivity contribution in [2.45, 2.75) is 32.2 Å². The Morgan fingerprint density at radius 3 is 2.47 bits per heavy atom. The number of anilines is 1. The van der Waals surface area contributed by atoms with Gasteiger partial charge in [0.25, 0.3) is 0 Å². The number of carbonyl (C=O) groups is 1. The summed E-state index contributed by atoms with van der Waals surface area (Å²) in [6.07, 6.45) is 4.10. The van der Waals surface area contributed by atoms with Crippen molar-refractivity contribution in [3.05, 3.63) is 41.5 Å². The Hall–Kier alpha value is -2.51. The molecular weight excluding hydrogens is 418 g/mol. The van der Waals surface area contributed by atoms with E-state index in [1.54, 1.807) is 11.3 Å². The molecule has 6 nitrogen and oxygen atoms in total. The quantitative estimate of drug-likeness (QED) is 0.583. The number of aromatic nitrogens is 2. The Kier molecular flexibility index (Phi) is 6.11. The van der Waals surface area contributed by atoms with Gasteiger partial charge in [-0.05, 0) is 45.3 Å². The van der Waals surface area contributed by atoms with Gasteiger partial charge in [0.15, 0.2) is 0 Å². The summed E-state index contributed by atoms with van der Waals surface area (Å²) >= 11 is 1.69. The van der Waals surface area contributed by atoms with E-state index in [2.05, 4.69) is 44.3 Å². The van der Waals surface area contributed by atoms with Crippen LogP contribution < -0.4 is 4.90 Å². The van der Waals surface area contributed by atoms with E-state index in [0.29, 0.717) is 12.5 Å². The van der Waals surface area contributed by atoms with Crippen LogP contribution in [0.5, 0.6) is 0 Å². The van der Waals surface area contributed by atoms with E-state index in [4.69, 9.17) is 9.97 Å². The summed E-state index contributed by atoms with van der Waals surface area (Å²) in [7, 11) is 4.10. The normalized spacial score (nSPS) is 17.6. The minimum Gasteiger partial charge on any atom is -0.356 e. The van der Waals surface area contributed by atoms with Gasteiger partial charge in [-0.1, -0.05) is 30.3 Å². The Balaban J connectivity index is 1.46. The molecule has 168 valence electrons. The maximum atomic E-state index is 12.9. The molecule has 1 aromatic carbocycles. The summed E-state index contributed by atoms with van der Waals surface area (Å²) in [4.78, 5) is 30.5. The van der Waals surface area contributed by atoms with E-state index in [9.17, 15) is 4.79 Å². The molecular formula is C25H31N5OS. The number of thiophene rings is 1. The van der Waals surface area contributed by atoms with Crippen molar-refractivity contribution in [1.82, 2.24) is 19.8 Å². The number of rotatable bonds is 5. The number of piperidine rings is 1. The zero-order valence-electron chi connectivity index (χ0n) is 19.0. The predicted molar refractivity (Wildman–Crippen MR) is 131 cm³/mol. The molecule has 3 aromatic rings. The standard InChI is InChI=1S/C25H31N5OS/c1-28(2)16-21-26-23(22-20(17-32-24(22)27-21)18-8-4-3-5-9-18)29-14-10-19(11-15-29)25(31)30-12-6-7-13-30/h3-5,8-9,17,19H,6-7,10-16H2,1-2H3. The minimum atomic E-state index is 0.152. The lowest BCUT2D eigenvalue weighted by Crippen LogP contribution is -2.42. The molecule has 2 fully saturated rings. The van der Waals surface area contributed by atoms with Gasteiger partial charge in [0.05, 0.1) is 11.9 Å². The van der Waals surface area contributed by atoms with E-state index >= 15 is 0 Å². The predicted octanol–water partition coefficient (Wildman–Crippen LogP) is 4.26. The lowest BCUT2D eigenvalue weighted by Gasteiger charge is -2.34. The molecule has 5 rings (SSSR count). The molecule has 0 spiro atoms. The van der Waals surface area contributed by atoms with Crippen molar-refractivity contribution in [3.8, 4) is 11.1 Å². The highest BCUT2D eigenvalue weighted by molar-refractivity contribution is 7.17. The molecule has 0 bridgehead atoms. The van der Waals surface area contributed by atoms with E-state index in [1.165, 1.54) is 11.1 Å². The summed E-state index contributed by atoms with van der Waals surface area (Å²) < 4.78 is 0. The Bertz CT molecular complexity index is 1080. The molecule has 2 aromatic heterocycles. The fraction of sp³-hybridized carbons (Fsp3) is 0.480. The van der Waals surface area contributed by atoms with Gasteiger partial charge in [-0.2, -0.15) is 0 Å². The number of likely N-dealkylation sites (tertiary alicyclic amines) is 1. The first-order chi connectivity index (χ1) is 15.6. The number of carbonyl (C=O) groups excluding carboxylic acids is 1. The van der Waals surface area contributed by atoms with E-state index < -0.39 is 0 Å². The van der Waals surface area contributed by atoms with Crippen LogP contribution >= 0.6 is 11.3 Å². The average molecular weight is 450 g/mol. The summed E-state index contributed by atoms with van der Waals surface area (Å²) in [5.74, 6) is 2.40. The smallest absolute Gasteiger partial charge is 0.225 e. The Morgan fingerprint density at radius 1 is 1.06 bits per heavy atom. The van der Waals surface area contributed by atoms with Crippen LogP contribution in [-0.2, 0) is 11.3 Å². The second-order valence-corrected chi connectivity index (χ2v) is 10.0. The third-order valence-corrected chi connectivity index (χ3v) is 7.44. The fourth-order valence-corrected chi connectivity index (χ4v) is 5.87. The molecule has 0 radical (unpaired) electrons. The topological polar surface area (TPSA) is 52.6 Å². The van der Waals surface area contributed by atoms with Crippen LogP contribution in [0.2, 0.25) is 0 Å². The number of fused-ring (bicyclic) bond motifs is 1. The molecule has 7 heteroatoms. The zero-order valence-corrected chi connectivity index (χ0v) is 19.8. The van der Waals surface area contributed by atoms with Crippen molar-refractivity contribution in [1.29, 1.82) is 0 Å². The summed E-state index contributed by atoms with van der Waals surface area (Å²) in [6.45, 7) is 4.32. The first-order valence-electron chi connectivity index (χ1n) is 11.6. The first-order valence-corrected chi connectivity index (χ1v) is 12.5. The van der Waals surface area contributed by atoms with Crippen molar-refractivity contribution in [2.75, 3.05) is 45.2 Å². The Labute approximate surface area is 193 Å². The molecule has 0 N–H and O–H groups in total. The van der Waals surface area contributed by atoms with E-state index in [-0.39, 0.29) is 5.92 Å². The minimum absolute atomic E-state index is 0.152. The fourth-order valence-electron chi connectivity index (χ4n) is 4.91. The zero-order chi connectivity index (χ0) is 22.1. The Morgan fingerprint density at radius 2 is 1.78 bits per heavy atom. The molecule has 2 aliphatic rings. The molecule has 32 heavy (non-hydrogen) atoms. The van der Waals surface area contributed by atoms with Crippen LogP contribution in [0.4, 0.5) is 5.82 Å². The van der Waals surface area contributed by atoms with Crippen LogP contribution in [0.25, 0.3) is 21.3 Å². The van der Waals surface area contributed by atoms with Crippen molar-refractivity contribution in [3.63, 3.8) is 0 Å². The number of nitrogens with zero attached hydrogens (tertiary/aromatic N) is 5. The van der Waals surface area contributed by atoms with Gasteiger partial charge in [-0.15, -0.1) is 11.3 Å². The molecule has 2 aliphatic heterocycles. The summed E-state index contributed by atoms with van der Waals surface area (Å²) in [6, 6.07) is 10.5. The number of hydrogen-bond acceptors (Lipinski definition) is 6. The molecule has 2 saturated heterocycles. The average Bonchev–Trinajstić information content (AvgIpc) is 3.49. The van der Waals surface area contributed by atoms with Crippen molar-refractivity contribution >= 4 is 33.3 Å². The van der Waals surface area contributed by atoms with E-state index in [1.807, 2.05) is 20.2 Å². The van der Waals surface area contributed by atoms with Crippen molar-refractivity contribution < 1.29 is 4.79 Å². The van der Waals surface area contributed by atoms with Gasteiger partial charge >= 0.3 is 0 Å². The highest BCUT2D eigenvalue weighted by Crippen LogP contribution is 2.39. The second kappa shape index (κ2) is 9.16. The monoisotopic (exact) mass is 449 g/mol. The largest absolute Gasteiger partial charge is 0.356 e. The lowest BCUT2D eigenvalue weighted by molar-refractivity contribution is -0.135. The van der Waals surface area contributed by atoms with Crippen molar-refractivity contribution in [2.24, 2.45) is 5.92 Å². The molecule has 0 unspecified atom stereocenters. The van der Waals surface area contributed by atoms with Gasteiger partial charge < -0.3 is 14.7 Å². The maximum Gasteiger partial charge on any atom is 0.225 e. The second-order valence-electron chi connectivity index (χ2n) is 9.19. The van der Waals surface area contributed by atoms with Gasteiger partial charge in [0.1, 0.15) is 16.5 Å². The van der Waals surface area contributed by atoms with Crippen LogP contribution in [0, 0.1) is 5.92 Å². The molecule has 1 amide bonds. The molecule has 0 aliphatic carbocycles. The van der Waals surface area contributed by atoms with Gasteiger partial charge in [0.2, 0.25) is 5.91 Å². The number of amides is 1. The molecule has 4 heterocycles. The highest BCUT2D eigenvalue weighted by Gasteiger charge is 2.31. The summed E-state index contributed by atoms with van der Waals surface area (Å²) in [5.41, 5.74) is 2.40. The highest BCUT2D eigenvalue weighted by atomic mass is 32.1. The number of hydrogen-bond donors (Lipinski definition) is 0. The van der Waals surface area contributed by atoms with Gasteiger partial charge in [0, 0.05) is 43.0 Å². The SMILES string of the molecule is CN(C)Cc1nc(N2CCC(C(=O)N3CCCC3)CC2)c2c(-c3ccccc3)csc2n1. The van der Waals surface area contributed by atoms with Crippen LogP contribution in [-0.4, -0.2) is 65.9 Å².